The Balaban J connectivity index is 1.94. The molecule has 0 heterocycles. The molecule has 0 bridgehead atoms. The van der Waals surface area contributed by atoms with Gasteiger partial charge in [0.15, 0.2) is 6.61 Å². The van der Waals surface area contributed by atoms with Gasteiger partial charge < -0.3 is 15.4 Å². The first-order valence-corrected chi connectivity index (χ1v) is 10.2. The molecule has 0 saturated carbocycles. The highest BCUT2D eigenvalue weighted by Gasteiger charge is 2.27. The Morgan fingerprint density at radius 3 is 2.34 bits per heavy atom. The van der Waals surface area contributed by atoms with Crippen molar-refractivity contribution in [3.05, 3.63) is 59.9 Å². The number of hydrogen-bond acceptors (Lipinski definition) is 5. The van der Waals surface area contributed by atoms with Crippen LogP contribution in [0.15, 0.2) is 53.4 Å². The van der Waals surface area contributed by atoms with Gasteiger partial charge in [-0.15, -0.1) is 11.8 Å². The minimum absolute atomic E-state index is 0.219. The third kappa shape index (κ3) is 6.60. The van der Waals surface area contributed by atoms with Crippen LogP contribution in [0.4, 0.5) is 10.1 Å². The molecule has 2 amide bonds. The number of thioether (sulfide) groups is 1. The molecule has 0 aromatic heterocycles. The Morgan fingerprint density at radius 2 is 1.72 bits per heavy atom. The van der Waals surface area contributed by atoms with E-state index in [4.69, 9.17) is 4.74 Å². The van der Waals surface area contributed by atoms with Crippen LogP contribution in [0.5, 0.6) is 0 Å². The summed E-state index contributed by atoms with van der Waals surface area (Å²) in [5, 5.41) is 5.27. The molecule has 0 fully saturated rings. The molecule has 1 atom stereocenters. The van der Waals surface area contributed by atoms with Crippen LogP contribution >= 0.6 is 11.8 Å². The second-order valence-electron chi connectivity index (χ2n) is 6.56. The van der Waals surface area contributed by atoms with Crippen LogP contribution in [0.3, 0.4) is 0 Å². The number of rotatable bonds is 8. The number of benzene rings is 2. The van der Waals surface area contributed by atoms with Crippen molar-refractivity contribution in [1.82, 2.24) is 5.32 Å². The van der Waals surface area contributed by atoms with Gasteiger partial charge in [0.05, 0.1) is 5.69 Å². The van der Waals surface area contributed by atoms with E-state index in [-0.39, 0.29) is 11.5 Å². The molecule has 2 aromatic carbocycles. The Morgan fingerprint density at radius 1 is 1.07 bits per heavy atom. The highest BCUT2D eigenvalue weighted by Crippen LogP contribution is 2.24. The van der Waals surface area contributed by atoms with Crippen LogP contribution in [0.25, 0.3) is 0 Å². The highest BCUT2D eigenvalue weighted by molar-refractivity contribution is 7.98. The van der Waals surface area contributed by atoms with Gasteiger partial charge in [-0.05, 0) is 48.6 Å². The van der Waals surface area contributed by atoms with Gasteiger partial charge in [-0.2, -0.15) is 0 Å². The lowest BCUT2D eigenvalue weighted by atomic mass is 10.0. The average Bonchev–Trinajstić information content (AvgIpc) is 2.70. The fourth-order valence-electron chi connectivity index (χ4n) is 2.48. The molecular weight excluding hydrogens is 395 g/mol. The number of carbonyl (C=O) groups is 3. The molecule has 2 N–H and O–H groups in total. The maximum atomic E-state index is 13.0. The molecule has 0 radical (unpaired) electrons. The van der Waals surface area contributed by atoms with E-state index in [0.29, 0.717) is 5.69 Å². The van der Waals surface area contributed by atoms with Crippen molar-refractivity contribution in [2.24, 2.45) is 5.92 Å². The fourth-order valence-corrected chi connectivity index (χ4v) is 3.04. The summed E-state index contributed by atoms with van der Waals surface area (Å²) in [6, 6.07) is 11.3. The Labute approximate surface area is 173 Å². The van der Waals surface area contributed by atoms with E-state index in [0.717, 1.165) is 17.0 Å². The van der Waals surface area contributed by atoms with E-state index in [1.165, 1.54) is 23.9 Å². The van der Waals surface area contributed by atoms with Crippen molar-refractivity contribution < 1.29 is 23.5 Å². The fraction of sp³-hybridized carbons (Fsp3) is 0.286. The van der Waals surface area contributed by atoms with Crippen LogP contribution in [0.2, 0.25) is 0 Å². The van der Waals surface area contributed by atoms with Crippen molar-refractivity contribution in [3.8, 4) is 0 Å². The summed E-state index contributed by atoms with van der Waals surface area (Å²) in [4.78, 5) is 37.7. The molecule has 0 aliphatic heterocycles. The average molecular weight is 418 g/mol. The van der Waals surface area contributed by atoms with Gasteiger partial charge in [0, 0.05) is 10.5 Å². The van der Waals surface area contributed by atoms with Gasteiger partial charge in [-0.25, -0.2) is 9.18 Å². The predicted octanol–water partition coefficient (Wildman–Crippen LogP) is 3.48. The van der Waals surface area contributed by atoms with Gasteiger partial charge in [-0.1, -0.05) is 26.0 Å². The molecule has 0 saturated heterocycles. The number of halogens is 1. The lowest BCUT2D eigenvalue weighted by Gasteiger charge is -2.21. The van der Waals surface area contributed by atoms with Crippen molar-refractivity contribution in [3.63, 3.8) is 0 Å². The molecule has 154 valence electrons. The molecule has 29 heavy (non-hydrogen) atoms. The van der Waals surface area contributed by atoms with Crippen LogP contribution < -0.4 is 10.6 Å². The summed E-state index contributed by atoms with van der Waals surface area (Å²) < 4.78 is 18.1. The normalized spacial score (nSPS) is 11.6. The Kier molecular flexibility index (Phi) is 8.21. The molecule has 0 unspecified atom stereocenters. The van der Waals surface area contributed by atoms with Crippen molar-refractivity contribution in [1.29, 1.82) is 0 Å². The second kappa shape index (κ2) is 10.6. The first-order valence-electron chi connectivity index (χ1n) is 8.97. The monoisotopic (exact) mass is 418 g/mol. The first kappa shape index (κ1) is 22.4. The number of esters is 1. The standard InChI is InChI=1S/C21H23FN2O4S/c1-13(2)19(24-20(26)14-8-10-15(22)11-9-14)21(27)28-12-18(25)23-16-6-4-5-7-17(16)29-3/h4-11,13,19H,12H2,1-3H3,(H,23,25)(H,24,26)/t19-/m0/s1. The largest absolute Gasteiger partial charge is 0.454 e. The van der Waals surface area contributed by atoms with Crippen LogP contribution in [0, 0.1) is 11.7 Å². The predicted molar refractivity (Wildman–Crippen MR) is 110 cm³/mol. The third-order valence-electron chi connectivity index (χ3n) is 4.04. The van der Waals surface area contributed by atoms with E-state index in [1.54, 1.807) is 26.0 Å². The van der Waals surface area contributed by atoms with E-state index in [9.17, 15) is 18.8 Å². The lowest BCUT2D eigenvalue weighted by Crippen LogP contribution is -2.45. The molecule has 0 aliphatic rings. The zero-order chi connectivity index (χ0) is 21.4. The number of carbonyl (C=O) groups excluding carboxylic acids is 3. The zero-order valence-corrected chi connectivity index (χ0v) is 17.2. The van der Waals surface area contributed by atoms with Crippen LogP contribution in [-0.2, 0) is 14.3 Å². The van der Waals surface area contributed by atoms with Gasteiger partial charge in [-0.3, -0.25) is 9.59 Å². The van der Waals surface area contributed by atoms with E-state index in [2.05, 4.69) is 10.6 Å². The summed E-state index contributed by atoms with van der Waals surface area (Å²) in [6.07, 6.45) is 1.89. The van der Waals surface area contributed by atoms with Crippen molar-refractivity contribution in [2.75, 3.05) is 18.2 Å². The van der Waals surface area contributed by atoms with Gasteiger partial charge in [0.1, 0.15) is 11.9 Å². The van der Waals surface area contributed by atoms with Crippen LogP contribution in [-0.4, -0.2) is 36.7 Å². The maximum Gasteiger partial charge on any atom is 0.329 e. The summed E-state index contributed by atoms with van der Waals surface area (Å²) in [5.41, 5.74) is 0.849. The Bertz CT molecular complexity index is 871. The molecule has 0 aliphatic carbocycles. The molecule has 0 spiro atoms. The summed E-state index contributed by atoms with van der Waals surface area (Å²) >= 11 is 1.48. The minimum Gasteiger partial charge on any atom is -0.454 e. The number of ether oxygens (including phenoxy) is 1. The number of nitrogens with one attached hydrogen (secondary N) is 2. The quantitative estimate of drug-likeness (QED) is 0.506. The number of amides is 2. The van der Waals surface area contributed by atoms with Crippen LogP contribution in [0.1, 0.15) is 24.2 Å². The topological polar surface area (TPSA) is 84.5 Å². The molecule has 2 aromatic rings. The first-order chi connectivity index (χ1) is 13.8. The molecule has 2 rings (SSSR count). The van der Waals surface area contributed by atoms with E-state index < -0.39 is 36.2 Å². The second-order valence-corrected chi connectivity index (χ2v) is 7.41. The van der Waals surface area contributed by atoms with E-state index >= 15 is 0 Å². The highest BCUT2D eigenvalue weighted by atomic mass is 32.2. The smallest absolute Gasteiger partial charge is 0.329 e. The Hall–Kier alpha value is -2.87. The number of anilines is 1. The van der Waals surface area contributed by atoms with Gasteiger partial charge >= 0.3 is 5.97 Å². The van der Waals surface area contributed by atoms with Gasteiger partial charge in [0.2, 0.25) is 0 Å². The zero-order valence-electron chi connectivity index (χ0n) is 16.4. The molecule has 6 nitrogen and oxygen atoms in total. The van der Waals surface area contributed by atoms with Crippen molar-refractivity contribution >= 4 is 35.2 Å². The number of para-hydroxylation sites is 1. The van der Waals surface area contributed by atoms with Crippen molar-refractivity contribution in [2.45, 2.75) is 24.8 Å². The number of hydrogen-bond donors (Lipinski definition) is 2. The summed E-state index contributed by atoms with van der Waals surface area (Å²) in [6.45, 7) is 3.01. The maximum absolute atomic E-state index is 13.0. The summed E-state index contributed by atoms with van der Waals surface area (Å²) in [7, 11) is 0. The molecular formula is C21H23FN2O4S. The third-order valence-corrected chi connectivity index (χ3v) is 4.84. The lowest BCUT2D eigenvalue weighted by molar-refractivity contribution is -0.150. The minimum atomic E-state index is -0.946. The molecule has 8 heteroatoms. The van der Waals surface area contributed by atoms with E-state index in [1.807, 2.05) is 18.4 Å². The summed E-state index contributed by atoms with van der Waals surface area (Å²) in [5.74, 6) is -2.46. The SMILES string of the molecule is CSc1ccccc1NC(=O)COC(=O)[C@@H](NC(=O)c1ccc(F)cc1)C(C)C. The van der Waals surface area contributed by atoms with Gasteiger partial charge in [0.25, 0.3) is 11.8 Å².